The Morgan fingerprint density at radius 3 is 2.91 bits per heavy atom. The molecule has 1 atom stereocenters. The van der Waals surface area contributed by atoms with Crippen LogP contribution in [0.25, 0.3) is 0 Å². The van der Waals surface area contributed by atoms with Crippen molar-refractivity contribution in [3.63, 3.8) is 0 Å². The van der Waals surface area contributed by atoms with Gasteiger partial charge in [-0.25, -0.2) is 9.98 Å². The van der Waals surface area contributed by atoms with Crippen LogP contribution in [0.3, 0.4) is 0 Å². The second-order valence-corrected chi connectivity index (χ2v) is 5.54. The van der Waals surface area contributed by atoms with Crippen LogP contribution in [0.4, 0.5) is 5.82 Å². The number of hydrogen-bond acceptors (Lipinski definition) is 5. The Bertz CT molecular complexity index is 596. The number of rotatable bonds is 2. The number of hydrogen-bond donors (Lipinski definition) is 1. The number of nitrogens with one attached hydrogen (secondary N) is 1. The van der Waals surface area contributed by atoms with E-state index < -0.39 is 0 Å². The van der Waals surface area contributed by atoms with E-state index in [-0.39, 0.29) is 11.3 Å². The van der Waals surface area contributed by atoms with Crippen molar-refractivity contribution < 1.29 is 9.53 Å². The molecule has 7 nitrogen and oxygen atoms in total. The molecule has 0 aromatic carbocycles. The summed E-state index contributed by atoms with van der Waals surface area (Å²) < 4.78 is 5.24. The van der Waals surface area contributed by atoms with E-state index in [2.05, 4.69) is 20.5 Å². The number of amides is 1. The van der Waals surface area contributed by atoms with Gasteiger partial charge >= 0.3 is 0 Å². The lowest BCUT2D eigenvalue weighted by molar-refractivity contribution is 0.0302. The molecule has 3 rings (SSSR count). The molecule has 116 valence electrons. The summed E-state index contributed by atoms with van der Waals surface area (Å²) in [7, 11) is 0. The van der Waals surface area contributed by atoms with E-state index in [1.807, 2.05) is 0 Å². The van der Waals surface area contributed by atoms with Gasteiger partial charge in [0, 0.05) is 31.9 Å². The van der Waals surface area contributed by atoms with Crippen LogP contribution in [0, 0.1) is 0 Å². The van der Waals surface area contributed by atoms with Crippen LogP contribution in [0.2, 0.25) is 0 Å². The van der Waals surface area contributed by atoms with Crippen molar-refractivity contribution in [2.45, 2.75) is 11.8 Å². The summed E-state index contributed by atoms with van der Waals surface area (Å²) in [6.07, 6.45) is 3.74. The molecule has 3 heterocycles. The number of amidine groups is 1. The molecule has 1 amide bonds. The zero-order valence-electron chi connectivity index (χ0n) is 11.9. The van der Waals surface area contributed by atoms with E-state index in [0.717, 1.165) is 0 Å². The number of morpholine rings is 1. The van der Waals surface area contributed by atoms with Gasteiger partial charge < -0.3 is 9.64 Å². The van der Waals surface area contributed by atoms with Crippen molar-refractivity contribution >= 4 is 35.4 Å². The molecular weight excluding hydrogens is 306 g/mol. The Labute approximate surface area is 133 Å². The monoisotopic (exact) mass is 321 g/mol. The van der Waals surface area contributed by atoms with E-state index in [4.69, 9.17) is 16.3 Å². The van der Waals surface area contributed by atoms with Gasteiger partial charge in [-0.05, 0) is 12.1 Å². The van der Waals surface area contributed by atoms with Crippen LogP contribution >= 0.6 is 11.6 Å². The number of alkyl halides is 1. The molecule has 0 bridgehead atoms. The SMILES string of the molecule is O=C(c1ccc(N=C2CC(Cl)C=NN2)nc1)N1CCOCC1. The minimum atomic E-state index is -0.165. The molecule has 1 saturated heterocycles. The first-order valence-electron chi connectivity index (χ1n) is 7.06. The van der Waals surface area contributed by atoms with Crippen LogP contribution in [0.5, 0.6) is 0 Å². The number of carbonyl (C=O) groups is 1. The first-order valence-corrected chi connectivity index (χ1v) is 7.50. The maximum atomic E-state index is 12.3. The summed E-state index contributed by atoms with van der Waals surface area (Å²) in [5.74, 6) is 1.14. The fourth-order valence-corrected chi connectivity index (χ4v) is 2.41. The molecule has 1 fully saturated rings. The Kier molecular flexibility index (Phi) is 4.65. The maximum Gasteiger partial charge on any atom is 0.255 e. The largest absolute Gasteiger partial charge is 0.378 e. The molecule has 22 heavy (non-hydrogen) atoms. The fraction of sp³-hybridized carbons (Fsp3) is 0.429. The normalized spacial score (nSPS) is 23.4. The van der Waals surface area contributed by atoms with Gasteiger partial charge in [-0.3, -0.25) is 10.2 Å². The Hall–Kier alpha value is -1.99. The maximum absolute atomic E-state index is 12.3. The third-order valence-electron chi connectivity index (χ3n) is 3.36. The summed E-state index contributed by atoms with van der Waals surface area (Å²) in [6.45, 7) is 2.39. The highest BCUT2D eigenvalue weighted by Gasteiger charge is 2.18. The summed E-state index contributed by atoms with van der Waals surface area (Å²) in [5, 5.41) is 3.74. The van der Waals surface area contributed by atoms with Crippen LogP contribution in [0.1, 0.15) is 16.8 Å². The molecule has 1 N–H and O–H groups in total. The van der Waals surface area contributed by atoms with Crippen LogP contribution in [0.15, 0.2) is 28.4 Å². The van der Waals surface area contributed by atoms with E-state index in [0.29, 0.717) is 49.9 Å². The molecule has 2 aliphatic rings. The fourth-order valence-electron chi connectivity index (χ4n) is 2.21. The van der Waals surface area contributed by atoms with Gasteiger partial charge in [0.05, 0.1) is 24.2 Å². The predicted molar refractivity (Wildman–Crippen MR) is 83.9 cm³/mol. The predicted octanol–water partition coefficient (Wildman–Crippen LogP) is 1.17. The van der Waals surface area contributed by atoms with Gasteiger partial charge in [-0.1, -0.05) is 0 Å². The highest BCUT2D eigenvalue weighted by Crippen LogP contribution is 2.14. The summed E-state index contributed by atoms with van der Waals surface area (Å²) in [4.78, 5) is 22.6. The Balaban J connectivity index is 1.68. The average Bonchev–Trinajstić information content (AvgIpc) is 2.56. The van der Waals surface area contributed by atoms with Crippen molar-refractivity contribution in [3.8, 4) is 0 Å². The van der Waals surface area contributed by atoms with Gasteiger partial charge in [0.2, 0.25) is 0 Å². The Morgan fingerprint density at radius 2 is 2.23 bits per heavy atom. The lowest BCUT2D eigenvalue weighted by atomic mass is 10.2. The smallest absolute Gasteiger partial charge is 0.255 e. The number of aromatic nitrogens is 1. The number of aliphatic imine (C=N–C) groups is 1. The second-order valence-electron chi connectivity index (χ2n) is 4.98. The zero-order valence-corrected chi connectivity index (χ0v) is 12.7. The molecular formula is C14H16ClN5O2. The van der Waals surface area contributed by atoms with Crippen molar-refractivity contribution in [2.75, 3.05) is 26.3 Å². The molecule has 0 aliphatic carbocycles. The van der Waals surface area contributed by atoms with Gasteiger partial charge in [-0.2, -0.15) is 5.10 Å². The van der Waals surface area contributed by atoms with E-state index in [1.165, 1.54) is 0 Å². The number of hydrazone groups is 1. The van der Waals surface area contributed by atoms with Crippen molar-refractivity contribution in [1.82, 2.24) is 15.3 Å². The average molecular weight is 322 g/mol. The molecule has 0 saturated carbocycles. The lowest BCUT2D eigenvalue weighted by Gasteiger charge is -2.26. The van der Waals surface area contributed by atoms with Crippen LogP contribution in [-0.4, -0.2) is 59.5 Å². The minimum absolute atomic E-state index is 0.0313. The van der Waals surface area contributed by atoms with Gasteiger partial charge in [0.1, 0.15) is 5.84 Å². The summed E-state index contributed by atoms with van der Waals surface area (Å²) >= 11 is 5.98. The summed E-state index contributed by atoms with van der Waals surface area (Å²) in [6, 6.07) is 3.44. The highest BCUT2D eigenvalue weighted by atomic mass is 35.5. The topological polar surface area (TPSA) is 79.2 Å². The molecule has 0 radical (unpaired) electrons. The first kappa shape index (κ1) is 14.9. The van der Waals surface area contributed by atoms with E-state index >= 15 is 0 Å². The first-order chi connectivity index (χ1) is 10.7. The lowest BCUT2D eigenvalue weighted by Crippen LogP contribution is -2.40. The third kappa shape index (κ3) is 3.61. The third-order valence-corrected chi connectivity index (χ3v) is 3.63. The number of pyridine rings is 1. The number of carbonyl (C=O) groups excluding carboxylic acids is 1. The van der Waals surface area contributed by atoms with Crippen molar-refractivity contribution in [3.05, 3.63) is 23.9 Å². The standard InChI is InChI=1S/C14H16ClN5O2/c15-11-7-13(19-17-9-11)18-12-2-1-10(8-16-12)14(21)20-3-5-22-6-4-20/h1-2,8-9,11H,3-7H2,(H,16,18,19). The molecule has 8 heteroatoms. The van der Waals surface area contributed by atoms with E-state index in [1.54, 1.807) is 29.4 Å². The van der Waals surface area contributed by atoms with Crippen molar-refractivity contribution in [2.24, 2.45) is 10.1 Å². The van der Waals surface area contributed by atoms with Crippen LogP contribution in [-0.2, 0) is 4.74 Å². The molecule has 1 aromatic rings. The molecule has 1 unspecified atom stereocenters. The highest BCUT2D eigenvalue weighted by molar-refractivity contribution is 6.30. The quantitative estimate of drug-likeness (QED) is 0.829. The van der Waals surface area contributed by atoms with Gasteiger partial charge in [-0.15, -0.1) is 11.6 Å². The molecule has 2 aliphatic heterocycles. The summed E-state index contributed by atoms with van der Waals surface area (Å²) in [5.41, 5.74) is 3.34. The second kappa shape index (κ2) is 6.85. The number of ether oxygens (including phenoxy) is 1. The van der Waals surface area contributed by atoms with Gasteiger partial charge in [0.25, 0.3) is 5.91 Å². The van der Waals surface area contributed by atoms with E-state index in [9.17, 15) is 4.79 Å². The van der Waals surface area contributed by atoms with Gasteiger partial charge in [0.15, 0.2) is 5.82 Å². The molecule has 1 aromatic heterocycles. The molecule has 0 spiro atoms. The minimum Gasteiger partial charge on any atom is -0.378 e. The number of halogens is 1. The number of nitrogens with zero attached hydrogens (tertiary/aromatic N) is 4. The van der Waals surface area contributed by atoms with Crippen LogP contribution < -0.4 is 5.43 Å². The Morgan fingerprint density at radius 1 is 1.41 bits per heavy atom. The zero-order chi connectivity index (χ0) is 15.4. The van der Waals surface area contributed by atoms with Crippen molar-refractivity contribution in [1.29, 1.82) is 0 Å².